The van der Waals surface area contributed by atoms with E-state index in [0.29, 0.717) is 23.2 Å². The van der Waals surface area contributed by atoms with Crippen molar-refractivity contribution in [2.24, 2.45) is 5.92 Å². The highest BCUT2D eigenvalue weighted by molar-refractivity contribution is 7.92. The number of sulfonamides is 1. The largest absolute Gasteiger partial charge is 0.497 e. The molecule has 0 unspecified atom stereocenters. The standard InChI is InChI=1S/C17H23N3O4S/c1-12(2)10-18-17-8-5-13(11-19-17)20-25(21,22)16-9-14(23-3)6-7-15(16)24-4/h5-9,11-12,20H,10H2,1-4H3,(H,18,19). The van der Waals surface area contributed by atoms with Crippen molar-refractivity contribution < 1.29 is 17.9 Å². The Bertz CT molecular complexity index is 805. The monoisotopic (exact) mass is 365 g/mol. The zero-order chi connectivity index (χ0) is 18.4. The van der Waals surface area contributed by atoms with Crippen molar-refractivity contribution in [3.05, 3.63) is 36.5 Å². The van der Waals surface area contributed by atoms with Crippen molar-refractivity contribution in [2.75, 3.05) is 30.8 Å². The van der Waals surface area contributed by atoms with E-state index in [1.807, 2.05) is 0 Å². The van der Waals surface area contributed by atoms with Gasteiger partial charge < -0.3 is 14.8 Å². The molecule has 1 heterocycles. The van der Waals surface area contributed by atoms with Crippen LogP contribution in [0.2, 0.25) is 0 Å². The number of hydrogen-bond donors (Lipinski definition) is 2. The molecule has 0 aliphatic carbocycles. The summed E-state index contributed by atoms with van der Waals surface area (Å²) in [5.74, 6) is 1.83. The van der Waals surface area contributed by atoms with Gasteiger partial charge in [-0.1, -0.05) is 13.8 Å². The summed E-state index contributed by atoms with van der Waals surface area (Å²) >= 11 is 0. The Labute approximate surface area is 148 Å². The van der Waals surface area contributed by atoms with Gasteiger partial charge >= 0.3 is 0 Å². The summed E-state index contributed by atoms with van der Waals surface area (Å²) < 4.78 is 38.1. The second-order valence-electron chi connectivity index (χ2n) is 5.83. The molecule has 25 heavy (non-hydrogen) atoms. The highest BCUT2D eigenvalue weighted by Crippen LogP contribution is 2.29. The van der Waals surface area contributed by atoms with Gasteiger partial charge in [0.05, 0.1) is 26.1 Å². The molecule has 7 nitrogen and oxygen atoms in total. The third-order valence-electron chi connectivity index (χ3n) is 3.37. The third kappa shape index (κ3) is 4.99. The first-order valence-electron chi connectivity index (χ1n) is 7.80. The Hall–Kier alpha value is -2.48. The van der Waals surface area contributed by atoms with E-state index in [-0.39, 0.29) is 10.6 Å². The van der Waals surface area contributed by atoms with E-state index >= 15 is 0 Å². The Balaban J connectivity index is 2.21. The normalized spacial score (nSPS) is 11.2. The summed E-state index contributed by atoms with van der Waals surface area (Å²) in [6, 6.07) is 7.97. The average molecular weight is 365 g/mol. The van der Waals surface area contributed by atoms with Gasteiger partial charge in [-0.05, 0) is 30.2 Å². The second-order valence-corrected chi connectivity index (χ2v) is 7.48. The van der Waals surface area contributed by atoms with Crippen molar-refractivity contribution in [2.45, 2.75) is 18.7 Å². The van der Waals surface area contributed by atoms with Gasteiger partial charge in [0.1, 0.15) is 22.2 Å². The van der Waals surface area contributed by atoms with E-state index < -0.39 is 10.0 Å². The molecular weight excluding hydrogens is 342 g/mol. The summed E-state index contributed by atoms with van der Waals surface area (Å²) in [5.41, 5.74) is 0.361. The summed E-state index contributed by atoms with van der Waals surface area (Å²) in [6.45, 7) is 4.98. The summed E-state index contributed by atoms with van der Waals surface area (Å²) in [7, 11) is -0.958. The molecule has 136 valence electrons. The Morgan fingerprint density at radius 1 is 1.12 bits per heavy atom. The minimum Gasteiger partial charge on any atom is -0.497 e. The minimum atomic E-state index is -3.84. The molecule has 0 aliphatic rings. The lowest BCUT2D eigenvalue weighted by molar-refractivity contribution is 0.392. The maximum Gasteiger partial charge on any atom is 0.265 e. The quantitative estimate of drug-likeness (QED) is 0.747. The number of nitrogens with zero attached hydrogens (tertiary/aromatic N) is 1. The first kappa shape index (κ1) is 18.9. The zero-order valence-corrected chi connectivity index (χ0v) is 15.6. The van der Waals surface area contributed by atoms with Gasteiger partial charge in [-0.25, -0.2) is 13.4 Å². The number of ether oxygens (including phenoxy) is 2. The van der Waals surface area contributed by atoms with Crippen LogP contribution in [0.3, 0.4) is 0 Å². The molecule has 0 amide bonds. The molecule has 2 aromatic rings. The number of rotatable bonds is 8. The summed E-state index contributed by atoms with van der Waals surface area (Å²) in [5, 5.41) is 3.17. The van der Waals surface area contributed by atoms with Crippen LogP contribution in [-0.4, -0.2) is 34.2 Å². The Morgan fingerprint density at radius 2 is 1.88 bits per heavy atom. The number of anilines is 2. The fraction of sp³-hybridized carbons (Fsp3) is 0.353. The molecule has 0 radical (unpaired) electrons. The number of aromatic nitrogens is 1. The van der Waals surface area contributed by atoms with E-state index in [2.05, 4.69) is 28.9 Å². The lowest BCUT2D eigenvalue weighted by atomic mass is 10.2. The molecule has 0 bridgehead atoms. The van der Waals surface area contributed by atoms with Crippen LogP contribution in [0.4, 0.5) is 11.5 Å². The van der Waals surface area contributed by atoms with E-state index in [0.717, 1.165) is 6.54 Å². The van der Waals surface area contributed by atoms with Crippen LogP contribution in [0.5, 0.6) is 11.5 Å². The fourth-order valence-corrected chi connectivity index (χ4v) is 3.30. The van der Waals surface area contributed by atoms with Gasteiger partial charge in [0.2, 0.25) is 0 Å². The van der Waals surface area contributed by atoms with Crippen LogP contribution < -0.4 is 19.5 Å². The topological polar surface area (TPSA) is 89.5 Å². The van der Waals surface area contributed by atoms with Gasteiger partial charge in [-0.15, -0.1) is 0 Å². The van der Waals surface area contributed by atoms with E-state index in [9.17, 15) is 8.42 Å². The van der Waals surface area contributed by atoms with Crippen LogP contribution in [0.1, 0.15) is 13.8 Å². The van der Waals surface area contributed by atoms with Crippen molar-refractivity contribution in [3.63, 3.8) is 0 Å². The minimum absolute atomic E-state index is 0.00337. The van der Waals surface area contributed by atoms with Crippen LogP contribution in [0, 0.1) is 5.92 Å². The lowest BCUT2D eigenvalue weighted by Crippen LogP contribution is -2.15. The summed E-state index contributed by atoms with van der Waals surface area (Å²) in [6.07, 6.45) is 1.47. The molecular formula is C17H23N3O4S. The van der Waals surface area contributed by atoms with Gasteiger partial charge in [0.15, 0.2) is 0 Å². The second kappa shape index (κ2) is 8.06. The molecule has 0 saturated carbocycles. The fourth-order valence-electron chi connectivity index (χ4n) is 2.07. The SMILES string of the molecule is COc1ccc(OC)c(S(=O)(=O)Nc2ccc(NCC(C)C)nc2)c1. The molecule has 0 atom stereocenters. The summed E-state index contributed by atoms with van der Waals surface area (Å²) in [4.78, 5) is 4.21. The molecule has 0 spiro atoms. The lowest BCUT2D eigenvalue weighted by Gasteiger charge is -2.13. The Kier molecular flexibility index (Phi) is 6.08. The first-order valence-corrected chi connectivity index (χ1v) is 9.29. The van der Waals surface area contributed by atoms with Gasteiger partial charge in [0, 0.05) is 12.6 Å². The number of benzene rings is 1. The Morgan fingerprint density at radius 3 is 2.44 bits per heavy atom. The number of methoxy groups -OCH3 is 2. The van der Waals surface area contributed by atoms with Crippen LogP contribution in [-0.2, 0) is 10.0 Å². The number of pyridine rings is 1. The third-order valence-corrected chi connectivity index (χ3v) is 4.77. The predicted octanol–water partition coefficient (Wildman–Crippen LogP) is 2.97. The molecule has 0 fully saturated rings. The van der Waals surface area contributed by atoms with E-state index in [1.165, 1.54) is 26.5 Å². The molecule has 8 heteroatoms. The van der Waals surface area contributed by atoms with E-state index in [1.54, 1.807) is 24.3 Å². The smallest absolute Gasteiger partial charge is 0.265 e. The van der Waals surface area contributed by atoms with Crippen LogP contribution in [0.25, 0.3) is 0 Å². The molecule has 1 aromatic heterocycles. The zero-order valence-electron chi connectivity index (χ0n) is 14.7. The maximum atomic E-state index is 12.7. The molecule has 2 rings (SSSR count). The van der Waals surface area contributed by atoms with Crippen LogP contribution in [0.15, 0.2) is 41.4 Å². The number of hydrogen-bond acceptors (Lipinski definition) is 6. The van der Waals surface area contributed by atoms with Gasteiger partial charge in [-0.3, -0.25) is 4.72 Å². The van der Waals surface area contributed by atoms with Crippen molar-refractivity contribution >= 4 is 21.5 Å². The van der Waals surface area contributed by atoms with E-state index in [4.69, 9.17) is 9.47 Å². The molecule has 0 saturated heterocycles. The maximum absolute atomic E-state index is 12.7. The number of nitrogens with one attached hydrogen (secondary N) is 2. The highest BCUT2D eigenvalue weighted by atomic mass is 32.2. The van der Waals surface area contributed by atoms with Gasteiger partial charge in [-0.2, -0.15) is 0 Å². The predicted molar refractivity (Wildman–Crippen MR) is 97.9 cm³/mol. The highest BCUT2D eigenvalue weighted by Gasteiger charge is 2.21. The molecule has 2 N–H and O–H groups in total. The van der Waals surface area contributed by atoms with Crippen molar-refractivity contribution in [1.29, 1.82) is 0 Å². The molecule has 0 aliphatic heterocycles. The van der Waals surface area contributed by atoms with Crippen molar-refractivity contribution in [1.82, 2.24) is 4.98 Å². The van der Waals surface area contributed by atoms with Crippen molar-refractivity contribution in [3.8, 4) is 11.5 Å². The average Bonchev–Trinajstić information content (AvgIpc) is 2.60. The van der Waals surface area contributed by atoms with Crippen LogP contribution >= 0.6 is 0 Å². The first-order chi connectivity index (χ1) is 11.9. The molecule has 1 aromatic carbocycles. The van der Waals surface area contributed by atoms with Gasteiger partial charge in [0.25, 0.3) is 10.0 Å².